The molecule has 0 amide bonds. The third-order valence-corrected chi connectivity index (χ3v) is 3.44. The maximum Gasteiger partial charge on any atom is 0.179 e. The van der Waals surface area contributed by atoms with Crippen molar-refractivity contribution < 1.29 is 0 Å². The van der Waals surface area contributed by atoms with E-state index in [4.69, 9.17) is 15.8 Å². The van der Waals surface area contributed by atoms with E-state index in [-0.39, 0.29) is 6.04 Å². The molecule has 19 heavy (non-hydrogen) atoms. The molecule has 0 aromatic carbocycles. The molecule has 0 aliphatic carbocycles. The molecule has 6 heteroatoms. The molecule has 0 N–H and O–H groups in total. The molecule has 1 rings (SSSR count). The molecule has 0 bridgehead atoms. The van der Waals surface area contributed by atoms with Gasteiger partial charge in [0.2, 0.25) is 0 Å². The first kappa shape index (κ1) is 14.9. The second-order valence-electron chi connectivity index (χ2n) is 4.81. The van der Waals surface area contributed by atoms with Gasteiger partial charge in [0, 0.05) is 38.8 Å². The van der Waals surface area contributed by atoms with Crippen molar-refractivity contribution in [2.75, 3.05) is 32.7 Å². The van der Waals surface area contributed by atoms with Crippen LogP contribution in [-0.4, -0.2) is 53.5 Å². The van der Waals surface area contributed by atoms with Crippen molar-refractivity contribution in [3.63, 3.8) is 0 Å². The van der Waals surface area contributed by atoms with Gasteiger partial charge in [0.15, 0.2) is 18.6 Å². The molecule has 1 saturated heterocycles. The summed E-state index contributed by atoms with van der Waals surface area (Å²) in [4.78, 5) is 5.16. The monoisotopic (exact) mass is 260 g/mol. The van der Waals surface area contributed by atoms with Crippen LogP contribution in [0.5, 0.6) is 0 Å². The van der Waals surface area contributed by atoms with Gasteiger partial charge in [-0.15, -0.1) is 0 Å². The van der Waals surface area contributed by atoms with Crippen molar-refractivity contribution in [3.05, 3.63) is 0 Å². The summed E-state index contributed by atoms with van der Waals surface area (Å²) in [5.74, 6) is 0. The molecule has 0 aromatic heterocycles. The number of nitrogens with zero attached hydrogens (tertiary/aromatic N) is 6. The Morgan fingerprint density at radius 1 is 0.789 bits per heavy atom. The van der Waals surface area contributed by atoms with Gasteiger partial charge in [-0.3, -0.25) is 0 Å². The average molecular weight is 260 g/mol. The van der Waals surface area contributed by atoms with Crippen LogP contribution in [0.1, 0.15) is 26.2 Å². The Balaban J connectivity index is 2.65. The fourth-order valence-electron chi connectivity index (χ4n) is 2.18. The van der Waals surface area contributed by atoms with Crippen molar-refractivity contribution in [1.29, 1.82) is 15.8 Å². The van der Waals surface area contributed by atoms with Crippen molar-refractivity contribution >= 4 is 0 Å². The number of hydrogen-bond donors (Lipinski definition) is 0. The van der Waals surface area contributed by atoms with Gasteiger partial charge in [-0.1, -0.05) is 0 Å². The van der Waals surface area contributed by atoms with Crippen LogP contribution in [0.2, 0.25) is 0 Å². The minimum atomic E-state index is 0.135. The summed E-state index contributed by atoms with van der Waals surface area (Å²) in [6, 6.07) is 0.135. The minimum absolute atomic E-state index is 0.135. The summed E-state index contributed by atoms with van der Waals surface area (Å²) < 4.78 is 0. The zero-order valence-electron chi connectivity index (χ0n) is 11.4. The molecule has 102 valence electrons. The molecule has 1 heterocycles. The fraction of sp³-hybridized carbons (Fsp3) is 0.769. The highest BCUT2D eigenvalue weighted by molar-refractivity contribution is 4.84. The van der Waals surface area contributed by atoms with E-state index in [1.54, 1.807) is 14.7 Å². The van der Waals surface area contributed by atoms with E-state index >= 15 is 0 Å². The lowest BCUT2D eigenvalue weighted by atomic mass is 10.2. The Morgan fingerprint density at radius 2 is 1.32 bits per heavy atom. The Kier molecular flexibility index (Phi) is 6.33. The third kappa shape index (κ3) is 4.94. The van der Waals surface area contributed by atoms with Gasteiger partial charge in [-0.2, -0.15) is 15.8 Å². The molecule has 6 nitrogen and oxygen atoms in total. The van der Waals surface area contributed by atoms with Crippen molar-refractivity contribution in [3.8, 4) is 18.6 Å². The summed E-state index contributed by atoms with van der Waals surface area (Å²) >= 11 is 0. The minimum Gasteiger partial charge on any atom is -0.311 e. The third-order valence-electron chi connectivity index (χ3n) is 3.44. The smallest absolute Gasteiger partial charge is 0.179 e. The van der Waals surface area contributed by atoms with E-state index < -0.39 is 0 Å². The second-order valence-corrected chi connectivity index (χ2v) is 4.81. The van der Waals surface area contributed by atoms with Crippen LogP contribution in [0, 0.1) is 34.4 Å². The van der Waals surface area contributed by atoms with Gasteiger partial charge >= 0.3 is 0 Å². The lowest BCUT2D eigenvalue weighted by Gasteiger charge is -2.27. The van der Waals surface area contributed by atoms with Crippen molar-refractivity contribution in [2.24, 2.45) is 0 Å². The zero-order chi connectivity index (χ0) is 14.1. The Morgan fingerprint density at radius 3 is 1.84 bits per heavy atom. The second kappa shape index (κ2) is 8.06. The lowest BCUT2D eigenvalue weighted by Crippen LogP contribution is -2.36. The van der Waals surface area contributed by atoms with Crippen LogP contribution in [0.15, 0.2) is 0 Å². The lowest BCUT2D eigenvalue weighted by molar-refractivity contribution is 0.234. The standard InChI is InChI=1S/C13H20N6/c1-13-4-9-18(11-15)6-2-5-17(10-14)7-3-8-19(13)12-16/h13H,2-9H2,1H3. The molecule has 1 unspecified atom stereocenters. The molecular formula is C13H20N6. The first-order chi connectivity index (χ1) is 9.21. The molecule has 0 aromatic rings. The predicted molar refractivity (Wildman–Crippen MR) is 70.0 cm³/mol. The van der Waals surface area contributed by atoms with Gasteiger partial charge in [-0.25, -0.2) is 0 Å². The molecule has 1 aliphatic heterocycles. The van der Waals surface area contributed by atoms with E-state index in [9.17, 15) is 0 Å². The molecule has 1 aliphatic rings. The molecular weight excluding hydrogens is 240 g/mol. The van der Waals surface area contributed by atoms with Crippen LogP contribution in [-0.2, 0) is 0 Å². The maximum atomic E-state index is 9.13. The highest BCUT2D eigenvalue weighted by atomic mass is 15.2. The quantitative estimate of drug-likeness (QED) is 0.602. The van der Waals surface area contributed by atoms with Gasteiger partial charge in [-0.05, 0) is 26.2 Å². The van der Waals surface area contributed by atoms with Gasteiger partial charge < -0.3 is 14.7 Å². The maximum absolute atomic E-state index is 9.13. The molecule has 1 fully saturated rings. The molecule has 0 spiro atoms. The highest BCUT2D eigenvalue weighted by Gasteiger charge is 2.15. The van der Waals surface area contributed by atoms with Crippen molar-refractivity contribution in [2.45, 2.75) is 32.2 Å². The Hall–Kier alpha value is -2.13. The first-order valence-corrected chi connectivity index (χ1v) is 6.67. The number of rotatable bonds is 0. The van der Waals surface area contributed by atoms with E-state index in [0.29, 0.717) is 32.7 Å². The van der Waals surface area contributed by atoms with Crippen LogP contribution in [0.25, 0.3) is 0 Å². The molecule has 1 atom stereocenters. The van der Waals surface area contributed by atoms with Crippen LogP contribution in [0.3, 0.4) is 0 Å². The highest BCUT2D eigenvalue weighted by Crippen LogP contribution is 2.07. The van der Waals surface area contributed by atoms with Crippen LogP contribution < -0.4 is 0 Å². The Bertz CT molecular complexity index is 387. The van der Waals surface area contributed by atoms with Crippen molar-refractivity contribution in [1.82, 2.24) is 14.7 Å². The van der Waals surface area contributed by atoms with E-state index in [0.717, 1.165) is 19.3 Å². The summed E-state index contributed by atoms with van der Waals surface area (Å²) in [6.45, 7) is 5.37. The molecule has 0 radical (unpaired) electrons. The Labute approximate surface area is 115 Å². The van der Waals surface area contributed by atoms with E-state index in [2.05, 4.69) is 18.6 Å². The van der Waals surface area contributed by atoms with Gasteiger partial charge in [0.1, 0.15) is 0 Å². The van der Waals surface area contributed by atoms with E-state index in [1.807, 2.05) is 6.92 Å². The molecule has 0 saturated carbocycles. The topological polar surface area (TPSA) is 81.1 Å². The summed E-state index contributed by atoms with van der Waals surface area (Å²) in [7, 11) is 0. The van der Waals surface area contributed by atoms with Crippen LogP contribution >= 0.6 is 0 Å². The number of hydrogen-bond acceptors (Lipinski definition) is 6. The van der Waals surface area contributed by atoms with Gasteiger partial charge in [0.05, 0.1) is 0 Å². The summed E-state index contributed by atoms with van der Waals surface area (Å²) in [6.07, 6.45) is 8.98. The van der Waals surface area contributed by atoms with Gasteiger partial charge in [0.25, 0.3) is 0 Å². The SMILES string of the molecule is CC1CCN(C#N)CCCN(C#N)CCCN1C#N. The predicted octanol–water partition coefficient (Wildman–Crippen LogP) is 0.908. The largest absolute Gasteiger partial charge is 0.311 e. The zero-order valence-corrected chi connectivity index (χ0v) is 11.4. The average Bonchev–Trinajstić information content (AvgIpc) is 2.43. The van der Waals surface area contributed by atoms with E-state index in [1.165, 1.54) is 0 Å². The summed E-state index contributed by atoms with van der Waals surface area (Å²) in [5, 5.41) is 27.2. The number of nitriles is 3. The van der Waals surface area contributed by atoms with Crippen LogP contribution in [0.4, 0.5) is 0 Å². The normalized spacial score (nSPS) is 22.4. The first-order valence-electron chi connectivity index (χ1n) is 6.67. The summed E-state index contributed by atoms with van der Waals surface area (Å²) in [5.41, 5.74) is 0. The fourth-order valence-corrected chi connectivity index (χ4v) is 2.18.